The summed E-state index contributed by atoms with van der Waals surface area (Å²) in [6.45, 7) is 4.28. The minimum Gasteiger partial charge on any atom is -0.480 e. The van der Waals surface area contributed by atoms with Gasteiger partial charge in [0, 0.05) is 18.3 Å². The number of hydrogen-bond acceptors (Lipinski definition) is 4. The van der Waals surface area contributed by atoms with Crippen LogP contribution in [0.5, 0.6) is 5.88 Å². The lowest BCUT2D eigenvalue weighted by Gasteiger charge is -2.28. The molecule has 1 rings (SSSR count). The Labute approximate surface area is 101 Å². The third kappa shape index (κ3) is 3.17. The summed E-state index contributed by atoms with van der Waals surface area (Å²) in [5, 5.41) is 2.90. The number of methoxy groups -OCH3 is 1. The zero-order chi connectivity index (χ0) is 12.9. The van der Waals surface area contributed by atoms with E-state index in [4.69, 9.17) is 10.5 Å². The molecule has 5 nitrogen and oxygen atoms in total. The summed E-state index contributed by atoms with van der Waals surface area (Å²) >= 11 is 0. The second-order valence-corrected chi connectivity index (χ2v) is 4.13. The van der Waals surface area contributed by atoms with Crippen LogP contribution in [0.4, 0.5) is 0 Å². The highest BCUT2D eigenvalue weighted by Gasteiger charge is 2.24. The molecule has 17 heavy (non-hydrogen) atoms. The number of carbonyl (C=O) groups excluding carboxylic acids is 1. The number of pyridine rings is 1. The van der Waals surface area contributed by atoms with Crippen molar-refractivity contribution in [2.24, 2.45) is 5.73 Å². The first-order valence-electron chi connectivity index (χ1n) is 5.58. The molecule has 0 aliphatic rings. The SMILES string of the molecule is CCC(C)(CN)NC(=O)c1cccnc1OC. The van der Waals surface area contributed by atoms with E-state index in [1.54, 1.807) is 18.3 Å². The van der Waals surface area contributed by atoms with E-state index in [0.29, 0.717) is 18.0 Å². The van der Waals surface area contributed by atoms with Crippen LogP contribution < -0.4 is 15.8 Å². The maximum atomic E-state index is 12.1. The van der Waals surface area contributed by atoms with Gasteiger partial charge in [0.15, 0.2) is 0 Å². The first-order chi connectivity index (χ1) is 8.06. The van der Waals surface area contributed by atoms with Crippen molar-refractivity contribution in [2.45, 2.75) is 25.8 Å². The van der Waals surface area contributed by atoms with E-state index in [1.165, 1.54) is 7.11 Å². The van der Waals surface area contributed by atoms with Crippen LogP contribution in [0.1, 0.15) is 30.6 Å². The average molecular weight is 237 g/mol. The van der Waals surface area contributed by atoms with Crippen molar-refractivity contribution in [3.63, 3.8) is 0 Å². The van der Waals surface area contributed by atoms with Crippen molar-refractivity contribution < 1.29 is 9.53 Å². The maximum absolute atomic E-state index is 12.1. The second-order valence-electron chi connectivity index (χ2n) is 4.13. The third-order valence-corrected chi connectivity index (χ3v) is 2.86. The molecule has 1 unspecified atom stereocenters. The van der Waals surface area contributed by atoms with Crippen LogP contribution in [0.25, 0.3) is 0 Å². The van der Waals surface area contributed by atoms with E-state index >= 15 is 0 Å². The predicted molar refractivity (Wildman–Crippen MR) is 66.0 cm³/mol. The Kier molecular flexibility index (Phi) is 4.45. The number of nitrogens with one attached hydrogen (secondary N) is 1. The summed E-state index contributed by atoms with van der Waals surface area (Å²) in [5.74, 6) is 0.102. The van der Waals surface area contributed by atoms with E-state index in [0.717, 1.165) is 6.42 Å². The van der Waals surface area contributed by atoms with Gasteiger partial charge in [0.25, 0.3) is 5.91 Å². The molecule has 0 aliphatic heterocycles. The number of nitrogens with zero attached hydrogens (tertiary/aromatic N) is 1. The van der Waals surface area contributed by atoms with E-state index in [-0.39, 0.29) is 5.91 Å². The van der Waals surface area contributed by atoms with Crippen molar-refractivity contribution in [1.29, 1.82) is 0 Å². The number of aromatic nitrogens is 1. The summed E-state index contributed by atoms with van der Waals surface area (Å²) in [7, 11) is 1.49. The molecule has 0 bridgehead atoms. The van der Waals surface area contributed by atoms with Gasteiger partial charge in [-0.2, -0.15) is 0 Å². The Morgan fingerprint density at radius 2 is 2.35 bits per heavy atom. The molecule has 0 saturated heterocycles. The summed E-state index contributed by atoms with van der Waals surface area (Å²) in [4.78, 5) is 16.1. The Hall–Kier alpha value is -1.62. The standard InChI is InChI=1S/C12H19N3O2/c1-4-12(2,8-13)15-10(16)9-6-5-7-14-11(9)17-3/h5-7H,4,8,13H2,1-3H3,(H,15,16). The average Bonchev–Trinajstić information content (AvgIpc) is 2.38. The number of hydrogen-bond donors (Lipinski definition) is 2. The number of carbonyl (C=O) groups is 1. The van der Waals surface area contributed by atoms with Gasteiger partial charge in [0.1, 0.15) is 5.56 Å². The van der Waals surface area contributed by atoms with E-state index in [9.17, 15) is 4.79 Å². The van der Waals surface area contributed by atoms with Crippen molar-refractivity contribution >= 4 is 5.91 Å². The van der Waals surface area contributed by atoms with Crippen LogP contribution in [0.3, 0.4) is 0 Å². The molecule has 5 heteroatoms. The molecule has 0 spiro atoms. The minimum atomic E-state index is -0.405. The van der Waals surface area contributed by atoms with Crippen LogP contribution in [0.2, 0.25) is 0 Å². The van der Waals surface area contributed by atoms with Gasteiger partial charge in [-0.3, -0.25) is 4.79 Å². The largest absolute Gasteiger partial charge is 0.480 e. The molecule has 1 aromatic rings. The molecule has 1 heterocycles. The van der Waals surface area contributed by atoms with Crippen LogP contribution in [-0.2, 0) is 0 Å². The molecule has 3 N–H and O–H groups in total. The lowest BCUT2D eigenvalue weighted by molar-refractivity contribution is 0.0902. The Morgan fingerprint density at radius 1 is 1.65 bits per heavy atom. The first-order valence-corrected chi connectivity index (χ1v) is 5.58. The van der Waals surface area contributed by atoms with Crippen molar-refractivity contribution in [1.82, 2.24) is 10.3 Å². The molecule has 1 aromatic heterocycles. The van der Waals surface area contributed by atoms with Crippen LogP contribution >= 0.6 is 0 Å². The fourth-order valence-corrected chi connectivity index (χ4v) is 1.35. The van der Waals surface area contributed by atoms with Gasteiger partial charge < -0.3 is 15.8 Å². The predicted octanol–water partition coefficient (Wildman–Crippen LogP) is 0.947. The van der Waals surface area contributed by atoms with E-state index in [1.807, 2.05) is 13.8 Å². The van der Waals surface area contributed by atoms with Crippen LogP contribution in [0, 0.1) is 0 Å². The number of nitrogens with two attached hydrogens (primary N) is 1. The number of ether oxygens (including phenoxy) is 1. The molecule has 0 aromatic carbocycles. The van der Waals surface area contributed by atoms with Gasteiger partial charge in [0.2, 0.25) is 5.88 Å². The monoisotopic (exact) mass is 237 g/mol. The van der Waals surface area contributed by atoms with Gasteiger partial charge in [-0.25, -0.2) is 4.98 Å². The quantitative estimate of drug-likeness (QED) is 0.799. The van der Waals surface area contributed by atoms with Gasteiger partial charge in [-0.1, -0.05) is 6.92 Å². The zero-order valence-electron chi connectivity index (χ0n) is 10.5. The minimum absolute atomic E-state index is 0.218. The molecule has 1 atom stereocenters. The summed E-state index contributed by atoms with van der Waals surface area (Å²) in [6.07, 6.45) is 2.34. The number of rotatable bonds is 5. The Morgan fingerprint density at radius 3 is 2.88 bits per heavy atom. The normalized spacial score (nSPS) is 13.9. The lowest BCUT2D eigenvalue weighted by atomic mass is 9.98. The van der Waals surface area contributed by atoms with E-state index in [2.05, 4.69) is 10.3 Å². The van der Waals surface area contributed by atoms with Crippen LogP contribution in [-0.4, -0.2) is 30.1 Å². The topological polar surface area (TPSA) is 77.2 Å². The molecule has 1 amide bonds. The number of amides is 1. The molecule has 0 fully saturated rings. The van der Waals surface area contributed by atoms with Gasteiger partial charge >= 0.3 is 0 Å². The van der Waals surface area contributed by atoms with Crippen molar-refractivity contribution in [2.75, 3.05) is 13.7 Å². The summed E-state index contributed by atoms with van der Waals surface area (Å²) < 4.78 is 5.05. The fourth-order valence-electron chi connectivity index (χ4n) is 1.35. The lowest BCUT2D eigenvalue weighted by Crippen LogP contribution is -2.50. The van der Waals surface area contributed by atoms with E-state index < -0.39 is 5.54 Å². The highest BCUT2D eigenvalue weighted by Crippen LogP contribution is 2.15. The first kappa shape index (κ1) is 13.4. The van der Waals surface area contributed by atoms with Crippen molar-refractivity contribution in [3.05, 3.63) is 23.9 Å². The van der Waals surface area contributed by atoms with Gasteiger partial charge in [-0.15, -0.1) is 0 Å². The smallest absolute Gasteiger partial charge is 0.257 e. The second kappa shape index (κ2) is 5.63. The Balaban J connectivity index is 2.90. The third-order valence-electron chi connectivity index (χ3n) is 2.86. The highest BCUT2D eigenvalue weighted by atomic mass is 16.5. The molecular formula is C12H19N3O2. The van der Waals surface area contributed by atoms with Crippen molar-refractivity contribution in [3.8, 4) is 5.88 Å². The highest BCUT2D eigenvalue weighted by molar-refractivity contribution is 5.96. The van der Waals surface area contributed by atoms with Crippen LogP contribution in [0.15, 0.2) is 18.3 Å². The molecule has 94 valence electrons. The molecule has 0 radical (unpaired) electrons. The van der Waals surface area contributed by atoms with Gasteiger partial charge in [0.05, 0.1) is 7.11 Å². The Bertz CT molecular complexity index is 389. The van der Waals surface area contributed by atoms with Gasteiger partial charge in [-0.05, 0) is 25.5 Å². The summed E-state index contributed by atoms with van der Waals surface area (Å²) in [6, 6.07) is 3.37. The molecule has 0 saturated carbocycles. The summed E-state index contributed by atoms with van der Waals surface area (Å²) in [5.41, 5.74) is 5.67. The molecular weight excluding hydrogens is 218 g/mol. The fraction of sp³-hybridized carbons (Fsp3) is 0.500. The molecule has 0 aliphatic carbocycles. The zero-order valence-corrected chi connectivity index (χ0v) is 10.5. The maximum Gasteiger partial charge on any atom is 0.257 e.